The van der Waals surface area contributed by atoms with E-state index in [9.17, 15) is 9.59 Å². The normalized spacial score (nSPS) is 31.9. The van der Waals surface area contributed by atoms with Crippen LogP contribution in [0.25, 0.3) is 0 Å². The SMILES string of the molecule is COC(C)C1(C)CC(=O)NC1=O. The standard InChI is InChI=1S/C8H13NO3/c1-5(12-3)8(2)4-6(10)9-7(8)11/h5H,4H2,1-3H3,(H,9,10,11). The number of amides is 2. The van der Waals surface area contributed by atoms with Crippen molar-refractivity contribution in [1.29, 1.82) is 0 Å². The van der Waals surface area contributed by atoms with Crippen LogP contribution in [-0.4, -0.2) is 25.0 Å². The molecule has 2 unspecified atom stereocenters. The summed E-state index contributed by atoms with van der Waals surface area (Å²) < 4.78 is 5.04. The highest BCUT2D eigenvalue weighted by molar-refractivity contribution is 6.05. The zero-order chi connectivity index (χ0) is 9.35. The Morgan fingerprint density at radius 1 is 1.58 bits per heavy atom. The zero-order valence-electron chi connectivity index (χ0n) is 7.51. The number of rotatable bonds is 2. The Kier molecular flexibility index (Phi) is 2.19. The van der Waals surface area contributed by atoms with Crippen molar-refractivity contribution in [3.63, 3.8) is 0 Å². The van der Waals surface area contributed by atoms with Gasteiger partial charge in [0.05, 0.1) is 11.5 Å². The van der Waals surface area contributed by atoms with Gasteiger partial charge in [-0.3, -0.25) is 14.9 Å². The maximum Gasteiger partial charge on any atom is 0.235 e. The fourth-order valence-corrected chi connectivity index (χ4v) is 1.32. The van der Waals surface area contributed by atoms with Crippen LogP contribution in [0.1, 0.15) is 20.3 Å². The van der Waals surface area contributed by atoms with Crippen molar-refractivity contribution in [2.24, 2.45) is 5.41 Å². The van der Waals surface area contributed by atoms with Gasteiger partial charge < -0.3 is 4.74 Å². The predicted octanol–water partition coefficient (Wildman–Crippen LogP) is 0.0741. The molecule has 0 aromatic carbocycles. The molecule has 0 spiro atoms. The number of carbonyl (C=O) groups is 2. The van der Waals surface area contributed by atoms with Crippen molar-refractivity contribution in [1.82, 2.24) is 5.32 Å². The van der Waals surface area contributed by atoms with Gasteiger partial charge in [-0.25, -0.2) is 0 Å². The fraction of sp³-hybridized carbons (Fsp3) is 0.750. The smallest absolute Gasteiger partial charge is 0.235 e. The van der Waals surface area contributed by atoms with E-state index in [0.29, 0.717) is 0 Å². The number of carbonyl (C=O) groups excluding carboxylic acids is 2. The first-order valence-electron chi connectivity index (χ1n) is 3.88. The lowest BCUT2D eigenvalue weighted by atomic mass is 9.83. The number of methoxy groups -OCH3 is 1. The molecule has 4 nitrogen and oxygen atoms in total. The van der Waals surface area contributed by atoms with Crippen LogP contribution in [0.2, 0.25) is 0 Å². The molecular weight excluding hydrogens is 158 g/mol. The van der Waals surface area contributed by atoms with E-state index in [4.69, 9.17) is 4.74 Å². The first-order valence-corrected chi connectivity index (χ1v) is 3.88. The average molecular weight is 171 g/mol. The van der Waals surface area contributed by atoms with Crippen LogP contribution < -0.4 is 5.32 Å². The van der Waals surface area contributed by atoms with E-state index in [1.165, 1.54) is 7.11 Å². The van der Waals surface area contributed by atoms with E-state index in [0.717, 1.165) is 0 Å². The van der Waals surface area contributed by atoms with Gasteiger partial charge in [-0.2, -0.15) is 0 Å². The third-order valence-corrected chi connectivity index (χ3v) is 2.55. The number of hydrogen-bond donors (Lipinski definition) is 1. The lowest BCUT2D eigenvalue weighted by Gasteiger charge is -2.25. The summed E-state index contributed by atoms with van der Waals surface area (Å²) in [4.78, 5) is 22.2. The molecule has 4 heteroatoms. The molecule has 0 radical (unpaired) electrons. The Morgan fingerprint density at radius 2 is 2.17 bits per heavy atom. The minimum absolute atomic E-state index is 0.216. The van der Waals surface area contributed by atoms with E-state index in [-0.39, 0.29) is 24.3 Å². The van der Waals surface area contributed by atoms with Crippen LogP contribution in [0.3, 0.4) is 0 Å². The molecular formula is C8H13NO3. The number of ether oxygens (including phenoxy) is 1. The molecule has 2 atom stereocenters. The molecule has 1 N–H and O–H groups in total. The first kappa shape index (κ1) is 9.19. The van der Waals surface area contributed by atoms with Gasteiger partial charge >= 0.3 is 0 Å². The Labute approximate surface area is 71.3 Å². The molecule has 1 rings (SSSR count). The van der Waals surface area contributed by atoms with Crippen LogP contribution in [0.5, 0.6) is 0 Å². The summed E-state index contributed by atoms with van der Waals surface area (Å²) in [5, 5.41) is 2.26. The molecule has 0 saturated carbocycles. The van der Waals surface area contributed by atoms with Crippen LogP contribution in [-0.2, 0) is 14.3 Å². The summed E-state index contributed by atoms with van der Waals surface area (Å²) in [5.41, 5.74) is -0.689. The Hall–Kier alpha value is -0.900. The van der Waals surface area contributed by atoms with Crippen LogP contribution in [0.4, 0.5) is 0 Å². The molecule has 1 aliphatic heterocycles. The molecule has 1 aliphatic rings. The second-order valence-electron chi connectivity index (χ2n) is 3.35. The molecule has 0 bridgehead atoms. The summed E-state index contributed by atoms with van der Waals surface area (Å²) in [5.74, 6) is -0.451. The van der Waals surface area contributed by atoms with Gasteiger partial charge in [0.15, 0.2) is 0 Å². The second kappa shape index (κ2) is 2.86. The first-order chi connectivity index (χ1) is 5.50. The predicted molar refractivity (Wildman–Crippen MR) is 42.3 cm³/mol. The minimum atomic E-state index is -0.689. The average Bonchev–Trinajstić information content (AvgIpc) is 2.26. The van der Waals surface area contributed by atoms with Crippen molar-refractivity contribution in [2.45, 2.75) is 26.4 Å². The Bertz CT molecular complexity index is 226. The monoisotopic (exact) mass is 171 g/mol. The number of hydrogen-bond acceptors (Lipinski definition) is 3. The second-order valence-corrected chi connectivity index (χ2v) is 3.35. The summed E-state index contributed by atoms with van der Waals surface area (Å²) in [6, 6.07) is 0. The van der Waals surface area contributed by atoms with E-state index in [1.807, 2.05) is 0 Å². The highest BCUT2D eigenvalue weighted by atomic mass is 16.5. The van der Waals surface area contributed by atoms with E-state index >= 15 is 0 Å². The molecule has 1 heterocycles. The van der Waals surface area contributed by atoms with Crippen molar-refractivity contribution < 1.29 is 14.3 Å². The van der Waals surface area contributed by atoms with Gasteiger partial charge in [0, 0.05) is 13.5 Å². The number of imide groups is 1. The summed E-state index contributed by atoms with van der Waals surface area (Å²) in [6.07, 6.45) is -0.00940. The summed E-state index contributed by atoms with van der Waals surface area (Å²) >= 11 is 0. The summed E-state index contributed by atoms with van der Waals surface area (Å²) in [7, 11) is 1.53. The van der Waals surface area contributed by atoms with E-state index in [1.54, 1.807) is 13.8 Å². The van der Waals surface area contributed by atoms with Crippen molar-refractivity contribution >= 4 is 11.8 Å². The van der Waals surface area contributed by atoms with Gasteiger partial charge in [-0.15, -0.1) is 0 Å². The third-order valence-electron chi connectivity index (χ3n) is 2.55. The van der Waals surface area contributed by atoms with Gasteiger partial charge in [-0.1, -0.05) is 0 Å². The largest absolute Gasteiger partial charge is 0.381 e. The maximum absolute atomic E-state index is 11.3. The number of nitrogens with one attached hydrogen (secondary N) is 1. The lowest BCUT2D eigenvalue weighted by Crippen LogP contribution is -2.38. The van der Waals surface area contributed by atoms with Crippen LogP contribution in [0, 0.1) is 5.41 Å². The lowest BCUT2D eigenvalue weighted by molar-refractivity contribution is -0.133. The molecule has 2 amide bonds. The van der Waals surface area contributed by atoms with Crippen molar-refractivity contribution in [3.8, 4) is 0 Å². The van der Waals surface area contributed by atoms with E-state index in [2.05, 4.69) is 5.32 Å². The highest BCUT2D eigenvalue weighted by Gasteiger charge is 2.46. The molecule has 0 aromatic heterocycles. The third kappa shape index (κ3) is 1.22. The maximum atomic E-state index is 11.3. The fourth-order valence-electron chi connectivity index (χ4n) is 1.32. The Balaban J connectivity index is 2.84. The molecule has 12 heavy (non-hydrogen) atoms. The van der Waals surface area contributed by atoms with Crippen LogP contribution >= 0.6 is 0 Å². The molecule has 0 aromatic rings. The Morgan fingerprint density at radius 3 is 2.50 bits per heavy atom. The molecule has 1 saturated heterocycles. The molecule has 68 valence electrons. The van der Waals surface area contributed by atoms with Gasteiger partial charge in [0.25, 0.3) is 0 Å². The topological polar surface area (TPSA) is 55.4 Å². The zero-order valence-corrected chi connectivity index (χ0v) is 7.51. The van der Waals surface area contributed by atoms with Crippen molar-refractivity contribution in [3.05, 3.63) is 0 Å². The molecule has 0 aliphatic carbocycles. The minimum Gasteiger partial charge on any atom is -0.381 e. The van der Waals surface area contributed by atoms with E-state index < -0.39 is 5.41 Å². The van der Waals surface area contributed by atoms with Crippen LogP contribution in [0.15, 0.2) is 0 Å². The van der Waals surface area contributed by atoms with Gasteiger partial charge in [-0.05, 0) is 13.8 Å². The van der Waals surface area contributed by atoms with Crippen molar-refractivity contribution in [2.75, 3.05) is 7.11 Å². The van der Waals surface area contributed by atoms with Gasteiger partial charge in [0.1, 0.15) is 0 Å². The van der Waals surface area contributed by atoms with Gasteiger partial charge in [0.2, 0.25) is 11.8 Å². The quantitative estimate of drug-likeness (QED) is 0.598. The summed E-state index contributed by atoms with van der Waals surface area (Å²) in [6.45, 7) is 3.53. The molecule has 1 fully saturated rings. The highest BCUT2D eigenvalue weighted by Crippen LogP contribution is 2.31.